The molecule has 3 heterocycles. The highest BCUT2D eigenvalue weighted by Crippen LogP contribution is 2.41. The number of aliphatic imine (C=N–C) groups is 1. The summed E-state index contributed by atoms with van der Waals surface area (Å²) in [5.41, 5.74) is 12.7. The monoisotopic (exact) mass is 409 g/mol. The number of carbonyl (C=O) groups is 1. The highest BCUT2D eigenvalue weighted by molar-refractivity contribution is 6.16. The van der Waals surface area contributed by atoms with Gasteiger partial charge in [0.15, 0.2) is 5.78 Å². The molecule has 0 saturated heterocycles. The lowest BCUT2D eigenvalue weighted by atomic mass is 9.91. The average molecular weight is 409 g/mol. The van der Waals surface area contributed by atoms with Crippen LogP contribution in [-0.4, -0.2) is 44.1 Å². The number of fused-ring (bicyclic) bond motifs is 2. The molecule has 0 fully saturated rings. The number of ketones is 1. The van der Waals surface area contributed by atoms with E-state index in [0.717, 1.165) is 44.6 Å². The molecule has 0 amide bonds. The van der Waals surface area contributed by atoms with E-state index in [9.17, 15) is 4.79 Å². The largest absolute Gasteiger partial charge is 0.325 e. The van der Waals surface area contributed by atoms with Gasteiger partial charge in [-0.25, -0.2) is 4.85 Å². The number of aryl methyl sites for hydroxylation is 2. The maximum Gasteiger partial charge on any atom is 0.207 e. The first kappa shape index (κ1) is 18.9. The molecule has 0 radical (unpaired) electrons. The summed E-state index contributed by atoms with van der Waals surface area (Å²) in [5.74, 6) is -0.0116. The van der Waals surface area contributed by atoms with Crippen molar-refractivity contribution >= 4 is 28.1 Å². The van der Waals surface area contributed by atoms with Crippen molar-refractivity contribution in [1.82, 2.24) is 19.6 Å². The van der Waals surface area contributed by atoms with Crippen LogP contribution < -0.4 is 5.73 Å². The quantitative estimate of drug-likeness (QED) is 0.526. The topological polar surface area (TPSA) is 95.4 Å². The molecule has 8 nitrogen and oxygen atoms in total. The van der Waals surface area contributed by atoms with Gasteiger partial charge in [-0.3, -0.25) is 19.2 Å². The SMILES string of the molecule is [C-]#[N+]c1c(-c2c(-c3ccc4c(c3)C(CN)=NCC4=O)cnn2C)ccc2nn(C)cc12. The number of benzene rings is 2. The van der Waals surface area contributed by atoms with E-state index in [1.165, 1.54) is 0 Å². The van der Waals surface area contributed by atoms with E-state index in [1.807, 2.05) is 50.6 Å². The Morgan fingerprint density at radius 3 is 2.71 bits per heavy atom. The van der Waals surface area contributed by atoms with Gasteiger partial charge in [0.1, 0.15) is 6.54 Å². The van der Waals surface area contributed by atoms with Gasteiger partial charge in [0.2, 0.25) is 5.69 Å². The van der Waals surface area contributed by atoms with Gasteiger partial charge in [0, 0.05) is 54.5 Å². The minimum atomic E-state index is -0.0116. The highest BCUT2D eigenvalue weighted by atomic mass is 16.1. The first-order valence-corrected chi connectivity index (χ1v) is 9.79. The maximum atomic E-state index is 12.3. The van der Waals surface area contributed by atoms with E-state index in [0.29, 0.717) is 11.3 Å². The normalized spacial score (nSPS) is 13.2. The fourth-order valence-corrected chi connectivity index (χ4v) is 4.18. The third-order valence-electron chi connectivity index (χ3n) is 5.63. The predicted molar refractivity (Wildman–Crippen MR) is 119 cm³/mol. The van der Waals surface area contributed by atoms with E-state index < -0.39 is 0 Å². The molecular weight excluding hydrogens is 390 g/mol. The lowest BCUT2D eigenvalue weighted by molar-refractivity contribution is 0.1000. The summed E-state index contributed by atoms with van der Waals surface area (Å²) in [7, 11) is 3.70. The minimum absolute atomic E-state index is 0.0116. The number of carbonyl (C=O) groups excluding carboxylic acids is 1. The second-order valence-corrected chi connectivity index (χ2v) is 7.49. The van der Waals surface area contributed by atoms with Crippen molar-refractivity contribution in [2.45, 2.75) is 0 Å². The number of rotatable bonds is 3. The Balaban J connectivity index is 1.73. The van der Waals surface area contributed by atoms with Gasteiger partial charge >= 0.3 is 0 Å². The number of nitrogens with two attached hydrogens (primary N) is 1. The summed E-state index contributed by atoms with van der Waals surface area (Å²) in [5, 5.41) is 9.68. The van der Waals surface area contributed by atoms with Crippen molar-refractivity contribution in [1.29, 1.82) is 0 Å². The molecule has 0 saturated carbocycles. The average Bonchev–Trinajstić information content (AvgIpc) is 3.34. The van der Waals surface area contributed by atoms with E-state index in [-0.39, 0.29) is 18.9 Å². The van der Waals surface area contributed by atoms with E-state index in [2.05, 4.69) is 20.0 Å². The molecule has 152 valence electrons. The molecule has 0 spiro atoms. The van der Waals surface area contributed by atoms with Crippen LogP contribution in [0.5, 0.6) is 0 Å². The molecule has 2 aromatic heterocycles. The summed E-state index contributed by atoms with van der Waals surface area (Å²) in [4.78, 5) is 20.4. The van der Waals surface area contributed by atoms with Crippen molar-refractivity contribution in [3.63, 3.8) is 0 Å². The lowest BCUT2D eigenvalue weighted by Gasteiger charge is -2.17. The Kier molecular flexibility index (Phi) is 4.27. The van der Waals surface area contributed by atoms with E-state index >= 15 is 0 Å². The summed E-state index contributed by atoms with van der Waals surface area (Å²) in [6, 6.07) is 9.52. The van der Waals surface area contributed by atoms with Gasteiger partial charge in [-0.15, -0.1) is 0 Å². The lowest BCUT2D eigenvalue weighted by Crippen LogP contribution is -2.24. The summed E-state index contributed by atoms with van der Waals surface area (Å²) in [6.07, 6.45) is 3.64. The van der Waals surface area contributed by atoms with Crippen molar-refractivity contribution in [3.8, 4) is 22.4 Å². The molecule has 31 heavy (non-hydrogen) atoms. The van der Waals surface area contributed by atoms with Crippen LogP contribution in [0.1, 0.15) is 15.9 Å². The number of Topliss-reactive ketones (excluding diaryl/α,β-unsaturated/α-hetero) is 1. The standard InChI is InChI=1S/C23H19N7O/c1-25-22-15(6-7-19-18(22)12-29(2)28-19)23-17(10-27-30(23)3)13-4-5-14-16(8-13)20(9-24)26-11-21(14)31/h4-8,10,12H,9,11,24H2,2-3H3. The Bertz CT molecular complexity index is 1450. The van der Waals surface area contributed by atoms with Crippen LogP contribution in [0.4, 0.5) is 5.69 Å². The van der Waals surface area contributed by atoms with Gasteiger partial charge in [-0.1, -0.05) is 18.2 Å². The molecule has 1 aliphatic heterocycles. The molecule has 4 aromatic rings. The molecule has 0 unspecified atom stereocenters. The van der Waals surface area contributed by atoms with Crippen molar-refractivity contribution in [3.05, 3.63) is 65.3 Å². The van der Waals surface area contributed by atoms with E-state index in [4.69, 9.17) is 12.3 Å². The zero-order chi connectivity index (χ0) is 21.7. The number of hydrogen-bond acceptors (Lipinski definition) is 5. The van der Waals surface area contributed by atoms with Gasteiger partial charge in [-0.05, 0) is 17.7 Å². The third-order valence-corrected chi connectivity index (χ3v) is 5.63. The maximum absolute atomic E-state index is 12.3. The second-order valence-electron chi connectivity index (χ2n) is 7.49. The molecule has 2 N–H and O–H groups in total. The van der Waals surface area contributed by atoms with Crippen molar-refractivity contribution in [2.24, 2.45) is 24.8 Å². The van der Waals surface area contributed by atoms with Gasteiger partial charge in [0.05, 0.1) is 29.7 Å². The molecule has 0 atom stereocenters. The Hall–Kier alpha value is -4.09. The minimum Gasteiger partial charge on any atom is -0.325 e. The summed E-state index contributed by atoms with van der Waals surface area (Å²) >= 11 is 0. The summed E-state index contributed by atoms with van der Waals surface area (Å²) in [6.45, 7) is 8.22. The first-order valence-electron chi connectivity index (χ1n) is 9.79. The fourth-order valence-electron chi connectivity index (χ4n) is 4.18. The van der Waals surface area contributed by atoms with Crippen molar-refractivity contribution < 1.29 is 4.79 Å². The Morgan fingerprint density at radius 2 is 1.94 bits per heavy atom. The van der Waals surface area contributed by atoms with E-state index in [1.54, 1.807) is 15.6 Å². The Labute approximate surface area is 178 Å². The number of hydrogen-bond donors (Lipinski definition) is 1. The second kappa shape index (κ2) is 7.00. The summed E-state index contributed by atoms with van der Waals surface area (Å²) < 4.78 is 3.48. The van der Waals surface area contributed by atoms with Crippen LogP contribution in [0.2, 0.25) is 0 Å². The van der Waals surface area contributed by atoms with Crippen molar-refractivity contribution in [2.75, 3.05) is 13.1 Å². The zero-order valence-corrected chi connectivity index (χ0v) is 17.1. The van der Waals surface area contributed by atoms with Crippen LogP contribution in [0.25, 0.3) is 38.1 Å². The van der Waals surface area contributed by atoms with Crippen LogP contribution >= 0.6 is 0 Å². The molecule has 2 aromatic carbocycles. The van der Waals surface area contributed by atoms with Crippen LogP contribution in [0.3, 0.4) is 0 Å². The molecule has 8 heteroatoms. The predicted octanol–water partition coefficient (Wildman–Crippen LogP) is 3.14. The molecule has 5 rings (SSSR count). The molecule has 1 aliphatic rings. The number of nitrogens with zero attached hydrogens (tertiary/aromatic N) is 6. The highest BCUT2D eigenvalue weighted by Gasteiger charge is 2.23. The fraction of sp³-hybridized carbons (Fsp3) is 0.174. The van der Waals surface area contributed by atoms with Gasteiger partial charge < -0.3 is 5.73 Å². The Morgan fingerprint density at radius 1 is 1.13 bits per heavy atom. The first-order chi connectivity index (χ1) is 15.0. The van der Waals surface area contributed by atoms with Crippen LogP contribution in [0, 0.1) is 6.57 Å². The van der Waals surface area contributed by atoms with Gasteiger partial charge in [-0.2, -0.15) is 10.2 Å². The number of aromatic nitrogens is 4. The molecule has 0 aliphatic carbocycles. The molecular formula is C23H19N7O. The van der Waals surface area contributed by atoms with Crippen LogP contribution in [-0.2, 0) is 14.1 Å². The smallest absolute Gasteiger partial charge is 0.207 e. The third kappa shape index (κ3) is 2.86. The zero-order valence-electron chi connectivity index (χ0n) is 17.1. The van der Waals surface area contributed by atoms with Gasteiger partial charge in [0.25, 0.3) is 0 Å². The van der Waals surface area contributed by atoms with Crippen LogP contribution in [0.15, 0.2) is 47.7 Å². The molecule has 0 bridgehead atoms.